The third kappa shape index (κ3) is 1.78. The third-order valence-corrected chi connectivity index (χ3v) is 3.08. The summed E-state index contributed by atoms with van der Waals surface area (Å²) in [6, 6.07) is 0.663. The average molecular weight is 182 g/mol. The Hall–Kier alpha value is -0.570. The Bertz CT molecular complexity index is 229. The summed E-state index contributed by atoms with van der Waals surface area (Å²) in [6.07, 6.45) is 5.87. The van der Waals surface area contributed by atoms with Gasteiger partial charge >= 0.3 is 0 Å². The van der Waals surface area contributed by atoms with Crippen molar-refractivity contribution in [1.29, 1.82) is 0 Å². The van der Waals surface area contributed by atoms with Gasteiger partial charge in [0.15, 0.2) is 5.13 Å². The molecule has 0 aromatic carbocycles. The number of anilines is 1. The number of hydrogen-bond acceptors (Lipinski definition) is 3. The number of thiazole rings is 1. The number of rotatable bonds is 4. The molecule has 12 heavy (non-hydrogen) atoms. The molecule has 2 rings (SSSR count). The molecule has 0 saturated heterocycles. The summed E-state index contributed by atoms with van der Waals surface area (Å²) in [7, 11) is 0. The lowest BCUT2D eigenvalue weighted by Gasteiger charge is -2.14. The molecule has 1 aliphatic rings. The first kappa shape index (κ1) is 8.05. The smallest absolute Gasteiger partial charge is 0.182 e. The van der Waals surface area contributed by atoms with Gasteiger partial charge in [-0.2, -0.15) is 0 Å². The van der Waals surface area contributed by atoms with Gasteiger partial charge in [-0.25, -0.2) is 4.98 Å². The van der Waals surface area contributed by atoms with E-state index >= 15 is 0 Å². The molecule has 2 nitrogen and oxygen atoms in total. The van der Waals surface area contributed by atoms with Gasteiger partial charge in [0.1, 0.15) is 0 Å². The fourth-order valence-electron chi connectivity index (χ4n) is 1.51. The van der Waals surface area contributed by atoms with Crippen LogP contribution in [0.3, 0.4) is 0 Å². The largest absolute Gasteiger partial charge is 0.359 e. The fourth-order valence-corrected chi connectivity index (χ4v) is 2.10. The van der Waals surface area contributed by atoms with Gasteiger partial charge in [0.2, 0.25) is 0 Å². The van der Waals surface area contributed by atoms with E-state index in [2.05, 4.69) is 17.2 Å². The molecule has 0 spiro atoms. The number of hydrogen-bond donors (Lipinski definition) is 1. The first-order valence-electron chi connectivity index (χ1n) is 4.56. The summed E-state index contributed by atoms with van der Waals surface area (Å²) >= 11 is 1.69. The lowest BCUT2D eigenvalue weighted by molar-refractivity contribution is 0.616. The fraction of sp³-hybridized carbons (Fsp3) is 0.667. The lowest BCUT2D eigenvalue weighted by Crippen LogP contribution is -2.20. The highest BCUT2D eigenvalue weighted by atomic mass is 32.1. The van der Waals surface area contributed by atoms with Crippen molar-refractivity contribution in [1.82, 2.24) is 4.98 Å². The second kappa shape index (κ2) is 3.44. The molecule has 1 aliphatic carbocycles. The number of nitrogens with one attached hydrogen (secondary N) is 1. The van der Waals surface area contributed by atoms with E-state index in [0.29, 0.717) is 6.04 Å². The molecule has 1 aromatic rings. The second-order valence-electron chi connectivity index (χ2n) is 3.33. The van der Waals surface area contributed by atoms with Gasteiger partial charge in [-0.3, -0.25) is 0 Å². The maximum Gasteiger partial charge on any atom is 0.182 e. The standard InChI is InChI=1S/C9H14N2S/c1-2-8(7-3-4-7)11-9-10-5-6-12-9/h5-8H,2-4H2,1H3,(H,10,11). The van der Waals surface area contributed by atoms with Crippen LogP contribution >= 0.6 is 11.3 Å². The van der Waals surface area contributed by atoms with E-state index in [1.54, 1.807) is 11.3 Å². The van der Waals surface area contributed by atoms with Gasteiger partial charge in [0, 0.05) is 17.6 Å². The molecule has 1 N–H and O–H groups in total. The zero-order chi connectivity index (χ0) is 8.39. The van der Waals surface area contributed by atoms with E-state index in [-0.39, 0.29) is 0 Å². The molecule has 1 fully saturated rings. The normalized spacial score (nSPS) is 19.1. The molecule has 1 aromatic heterocycles. The summed E-state index contributed by atoms with van der Waals surface area (Å²) < 4.78 is 0. The summed E-state index contributed by atoms with van der Waals surface area (Å²) in [5.74, 6) is 0.916. The Labute approximate surface area is 77.0 Å². The van der Waals surface area contributed by atoms with Crippen LogP contribution < -0.4 is 5.32 Å². The van der Waals surface area contributed by atoms with Crippen molar-refractivity contribution in [2.24, 2.45) is 5.92 Å². The highest BCUT2D eigenvalue weighted by Crippen LogP contribution is 2.35. The van der Waals surface area contributed by atoms with Crippen molar-refractivity contribution >= 4 is 16.5 Å². The molecule has 3 heteroatoms. The Morgan fingerprint density at radius 1 is 1.75 bits per heavy atom. The van der Waals surface area contributed by atoms with Crippen molar-refractivity contribution in [3.8, 4) is 0 Å². The van der Waals surface area contributed by atoms with Crippen molar-refractivity contribution in [3.63, 3.8) is 0 Å². The van der Waals surface area contributed by atoms with Crippen LogP contribution in [0.2, 0.25) is 0 Å². The summed E-state index contributed by atoms with van der Waals surface area (Å²) in [5, 5.41) is 6.57. The van der Waals surface area contributed by atoms with E-state index in [9.17, 15) is 0 Å². The lowest BCUT2D eigenvalue weighted by atomic mass is 10.1. The van der Waals surface area contributed by atoms with Gasteiger partial charge in [-0.1, -0.05) is 6.92 Å². The molecular formula is C9H14N2S. The van der Waals surface area contributed by atoms with E-state index < -0.39 is 0 Å². The average Bonchev–Trinajstić information content (AvgIpc) is 2.80. The van der Waals surface area contributed by atoms with Crippen LogP contribution in [0.25, 0.3) is 0 Å². The van der Waals surface area contributed by atoms with Crippen LogP contribution in [-0.2, 0) is 0 Å². The first-order chi connectivity index (χ1) is 5.90. The molecular weight excluding hydrogens is 168 g/mol. The van der Waals surface area contributed by atoms with Crippen LogP contribution in [0.15, 0.2) is 11.6 Å². The van der Waals surface area contributed by atoms with Crippen LogP contribution in [-0.4, -0.2) is 11.0 Å². The van der Waals surface area contributed by atoms with Crippen molar-refractivity contribution in [2.45, 2.75) is 32.2 Å². The summed E-state index contributed by atoms with van der Waals surface area (Å²) in [5.41, 5.74) is 0. The predicted octanol–water partition coefficient (Wildman–Crippen LogP) is 2.74. The van der Waals surface area contributed by atoms with Crippen LogP contribution in [0.1, 0.15) is 26.2 Å². The minimum absolute atomic E-state index is 0.663. The van der Waals surface area contributed by atoms with Crippen LogP contribution in [0.4, 0.5) is 5.13 Å². The second-order valence-corrected chi connectivity index (χ2v) is 4.23. The Morgan fingerprint density at radius 3 is 3.08 bits per heavy atom. The predicted molar refractivity (Wildman–Crippen MR) is 52.5 cm³/mol. The molecule has 1 heterocycles. The first-order valence-corrected chi connectivity index (χ1v) is 5.44. The third-order valence-electron chi connectivity index (χ3n) is 2.37. The van der Waals surface area contributed by atoms with E-state index in [1.165, 1.54) is 19.3 Å². The number of aromatic nitrogens is 1. The zero-order valence-corrected chi connectivity index (χ0v) is 8.10. The molecule has 1 unspecified atom stereocenters. The van der Waals surface area contributed by atoms with Crippen molar-refractivity contribution in [2.75, 3.05) is 5.32 Å². The van der Waals surface area contributed by atoms with E-state index in [1.807, 2.05) is 11.6 Å². The number of nitrogens with zero attached hydrogens (tertiary/aromatic N) is 1. The van der Waals surface area contributed by atoms with Gasteiger partial charge in [0.05, 0.1) is 0 Å². The molecule has 0 amide bonds. The maximum absolute atomic E-state index is 4.22. The van der Waals surface area contributed by atoms with E-state index in [0.717, 1.165) is 11.0 Å². The minimum Gasteiger partial charge on any atom is -0.359 e. The van der Waals surface area contributed by atoms with Crippen molar-refractivity contribution in [3.05, 3.63) is 11.6 Å². The van der Waals surface area contributed by atoms with Gasteiger partial charge in [-0.05, 0) is 25.2 Å². The van der Waals surface area contributed by atoms with E-state index in [4.69, 9.17) is 0 Å². The SMILES string of the molecule is CCC(Nc1nccs1)C1CC1. The van der Waals surface area contributed by atoms with Gasteiger partial charge in [-0.15, -0.1) is 11.3 Å². The summed E-state index contributed by atoms with van der Waals surface area (Å²) in [4.78, 5) is 4.22. The zero-order valence-electron chi connectivity index (χ0n) is 7.29. The van der Waals surface area contributed by atoms with Crippen molar-refractivity contribution < 1.29 is 0 Å². The summed E-state index contributed by atoms with van der Waals surface area (Å²) in [6.45, 7) is 2.24. The highest BCUT2D eigenvalue weighted by molar-refractivity contribution is 7.13. The van der Waals surface area contributed by atoms with Gasteiger partial charge < -0.3 is 5.32 Å². The topological polar surface area (TPSA) is 24.9 Å². The highest BCUT2D eigenvalue weighted by Gasteiger charge is 2.30. The Morgan fingerprint density at radius 2 is 2.58 bits per heavy atom. The Balaban J connectivity index is 1.91. The maximum atomic E-state index is 4.22. The quantitative estimate of drug-likeness (QED) is 0.774. The molecule has 0 bridgehead atoms. The molecule has 66 valence electrons. The minimum atomic E-state index is 0.663. The molecule has 0 aliphatic heterocycles. The van der Waals surface area contributed by atoms with Gasteiger partial charge in [0.25, 0.3) is 0 Å². The van der Waals surface area contributed by atoms with Crippen LogP contribution in [0.5, 0.6) is 0 Å². The molecule has 1 saturated carbocycles. The van der Waals surface area contributed by atoms with Crippen LogP contribution in [0, 0.1) is 5.92 Å². The Kier molecular flexibility index (Phi) is 2.30. The molecule has 1 atom stereocenters. The molecule has 0 radical (unpaired) electrons. The monoisotopic (exact) mass is 182 g/mol.